The van der Waals surface area contributed by atoms with Crippen molar-refractivity contribution in [3.8, 4) is 50.3 Å². The molecule has 2 unspecified atom stereocenters. The van der Waals surface area contributed by atoms with Gasteiger partial charge in [0.1, 0.15) is 11.9 Å². The van der Waals surface area contributed by atoms with Gasteiger partial charge in [-0.05, 0) is 87.5 Å². The van der Waals surface area contributed by atoms with Crippen LogP contribution in [0, 0.1) is 0 Å². The molecule has 0 amide bonds. The average Bonchev–Trinajstić information content (AvgIpc) is 3.59. The molecule has 0 N–H and O–H groups in total. The summed E-state index contributed by atoms with van der Waals surface area (Å²) in [5.74, 6) is 1.25. The summed E-state index contributed by atoms with van der Waals surface area (Å²) in [6.45, 7) is 0. The second-order valence-electron chi connectivity index (χ2n) is 12.9. The number of ether oxygens (including phenoxy) is 1. The molecule has 2 atom stereocenters. The highest BCUT2D eigenvalue weighted by molar-refractivity contribution is 5.86. The summed E-state index contributed by atoms with van der Waals surface area (Å²) in [4.78, 5) is 2.37. The van der Waals surface area contributed by atoms with E-state index in [-0.39, 0.29) is 12.0 Å². The molecule has 1 heterocycles. The van der Waals surface area contributed by atoms with E-state index in [9.17, 15) is 0 Å². The van der Waals surface area contributed by atoms with Crippen LogP contribution in [0.5, 0.6) is 5.75 Å². The topological polar surface area (TPSA) is 12.5 Å². The van der Waals surface area contributed by atoms with E-state index in [1.54, 1.807) is 0 Å². The number of allylic oxidation sites excluding steroid dienone is 2. The number of para-hydroxylation sites is 1. The molecule has 7 aromatic rings. The quantitative estimate of drug-likeness (QED) is 0.172. The third kappa shape index (κ3) is 5.61. The lowest BCUT2D eigenvalue weighted by molar-refractivity contribution is 0.270. The normalized spacial score (nSPS) is 15.6. The number of hydrogen-bond acceptors (Lipinski definition) is 2. The van der Waals surface area contributed by atoms with E-state index in [1.807, 2.05) is 0 Å². The Morgan fingerprint density at radius 1 is 0.380 bits per heavy atom. The Labute approximate surface area is 293 Å². The minimum Gasteiger partial charge on any atom is -0.484 e. The predicted octanol–water partition coefficient (Wildman–Crippen LogP) is 12.8. The Kier molecular flexibility index (Phi) is 7.68. The fourth-order valence-corrected chi connectivity index (χ4v) is 7.30. The Morgan fingerprint density at radius 3 is 1.46 bits per heavy atom. The van der Waals surface area contributed by atoms with Crippen molar-refractivity contribution in [3.63, 3.8) is 0 Å². The summed E-state index contributed by atoms with van der Waals surface area (Å²) in [5, 5.41) is 0. The highest BCUT2D eigenvalue weighted by Crippen LogP contribution is 2.47. The van der Waals surface area contributed by atoms with Crippen LogP contribution in [0.25, 0.3) is 44.5 Å². The molecule has 0 saturated carbocycles. The van der Waals surface area contributed by atoms with Gasteiger partial charge < -0.3 is 9.64 Å². The maximum Gasteiger partial charge on any atom is 0.132 e. The monoisotopic (exact) mass is 641 g/mol. The van der Waals surface area contributed by atoms with Gasteiger partial charge >= 0.3 is 0 Å². The van der Waals surface area contributed by atoms with Gasteiger partial charge in [0.2, 0.25) is 0 Å². The Hall–Kier alpha value is -6.38. The maximum atomic E-state index is 6.52. The van der Waals surface area contributed by atoms with Crippen LogP contribution < -0.4 is 9.64 Å². The zero-order valence-electron chi connectivity index (χ0n) is 27.6. The molecule has 7 aromatic carbocycles. The standard InChI is InChI=1S/C48H35NO/c1-4-13-34(14-5-1)37-23-27-41(28-24-37)49(43-32-39(35-15-6-2-7-16-35)31-40(33-43)36-17-8-3-9-18-36)42-29-25-38(26-30-42)44-20-12-21-46-45-19-10-11-22-47(45)50-48(44)46/h1-33,45,47H. The van der Waals surface area contributed by atoms with Crippen LogP contribution in [-0.2, 0) is 0 Å². The van der Waals surface area contributed by atoms with Crippen LogP contribution in [-0.4, -0.2) is 6.10 Å². The van der Waals surface area contributed by atoms with E-state index >= 15 is 0 Å². The van der Waals surface area contributed by atoms with Crippen LogP contribution in [0.4, 0.5) is 17.1 Å². The van der Waals surface area contributed by atoms with E-state index in [0.717, 1.165) is 33.9 Å². The third-order valence-corrected chi connectivity index (χ3v) is 9.80. The molecule has 0 saturated heterocycles. The highest BCUT2D eigenvalue weighted by atomic mass is 16.5. The summed E-state index contributed by atoms with van der Waals surface area (Å²) in [6.07, 6.45) is 8.67. The molecule has 50 heavy (non-hydrogen) atoms. The van der Waals surface area contributed by atoms with Crippen LogP contribution in [0.3, 0.4) is 0 Å². The van der Waals surface area contributed by atoms with Crippen molar-refractivity contribution in [2.24, 2.45) is 0 Å². The lowest BCUT2D eigenvalue weighted by Gasteiger charge is -2.27. The molecule has 0 fully saturated rings. The van der Waals surface area contributed by atoms with Gasteiger partial charge in [0.05, 0.1) is 0 Å². The molecule has 1 aliphatic carbocycles. The molecule has 2 aliphatic rings. The second kappa shape index (κ2) is 12.9. The van der Waals surface area contributed by atoms with Crippen molar-refractivity contribution in [3.05, 3.63) is 206 Å². The van der Waals surface area contributed by atoms with Gasteiger partial charge in [-0.15, -0.1) is 0 Å². The zero-order valence-corrected chi connectivity index (χ0v) is 27.6. The molecular formula is C48H35NO. The average molecular weight is 642 g/mol. The van der Waals surface area contributed by atoms with E-state index < -0.39 is 0 Å². The number of hydrogen-bond donors (Lipinski definition) is 0. The molecule has 2 nitrogen and oxygen atoms in total. The van der Waals surface area contributed by atoms with Crippen molar-refractivity contribution in [1.82, 2.24) is 0 Å². The van der Waals surface area contributed by atoms with Crippen molar-refractivity contribution in [1.29, 1.82) is 0 Å². The number of anilines is 3. The minimum atomic E-state index is 0.0560. The molecule has 0 spiro atoms. The number of benzene rings is 7. The smallest absolute Gasteiger partial charge is 0.132 e. The largest absolute Gasteiger partial charge is 0.484 e. The lowest BCUT2D eigenvalue weighted by Crippen LogP contribution is -2.15. The highest BCUT2D eigenvalue weighted by Gasteiger charge is 2.33. The van der Waals surface area contributed by atoms with Gasteiger partial charge in [-0.25, -0.2) is 0 Å². The number of rotatable bonds is 7. The fraction of sp³-hybridized carbons (Fsp3) is 0.0417. The summed E-state index contributed by atoms with van der Waals surface area (Å²) < 4.78 is 6.52. The minimum absolute atomic E-state index is 0.0560. The first-order valence-electron chi connectivity index (χ1n) is 17.3. The zero-order chi connectivity index (χ0) is 33.3. The van der Waals surface area contributed by atoms with E-state index in [2.05, 4.69) is 205 Å². The summed E-state index contributed by atoms with van der Waals surface area (Å²) >= 11 is 0. The summed E-state index contributed by atoms with van der Waals surface area (Å²) in [6, 6.07) is 63.1. The van der Waals surface area contributed by atoms with Gasteiger partial charge in [0.25, 0.3) is 0 Å². The van der Waals surface area contributed by atoms with Crippen LogP contribution in [0.15, 0.2) is 200 Å². The van der Waals surface area contributed by atoms with Gasteiger partial charge in [0.15, 0.2) is 0 Å². The third-order valence-electron chi connectivity index (χ3n) is 9.80. The molecule has 0 bridgehead atoms. The van der Waals surface area contributed by atoms with Crippen LogP contribution in [0.2, 0.25) is 0 Å². The van der Waals surface area contributed by atoms with E-state index in [0.29, 0.717) is 0 Å². The second-order valence-corrected chi connectivity index (χ2v) is 12.9. The molecule has 1 aliphatic heterocycles. The molecule has 0 radical (unpaired) electrons. The summed E-state index contributed by atoms with van der Waals surface area (Å²) in [5.41, 5.74) is 13.9. The fourth-order valence-electron chi connectivity index (χ4n) is 7.30. The molecule has 9 rings (SSSR count). The Bertz CT molecular complexity index is 2270. The van der Waals surface area contributed by atoms with E-state index in [4.69, 9.17) is 4.74 Å². The maximum absolute atomic E-state index is 6.52. The first kappa shape index (κ1) is 29.7. The molecule has 238 valence electrons. The Morgan fingerprint density at radius 2 is 0.880 bits per heavy atom. The Balaban J connectivity index is 1.17. The van der Waals surface area contributed by atoms with Crippen LogP contribution in [0.1, 0.15) is 11.5 Å². The van der Waals surface area contributed by atoms with Crippen molar-refractivity contribution >= 4 is 17.1 Å². The number of fused-ring (bicyclic) bond motifs is 3. The van der Waals surface area contributed by atoms with Gasteiger partial charge in [-0.1, -0.05) is 152 Å². The molecule has 0 aromatic heterocycles. The molecular weight excluding hydrogens is 607 g/mol. The van der Waals surface area contributed by atoms with E-state index in [1.165, 1.54) is 38.9 Å². The predicted molar refractivity (Wildman–Crippen MR) is 208 cm³/mol. The first-order valence-corrected chi connectivity index (χ1v) is 17.3. The summed E-state index contributed by atoms with van der Waals surface area (Å²) in [7, 11) is 0. The van der Waals surface area contributed by atoms with Gasteiger partial charge in [0, 0.05) is 34.1 Å². The van der Waals surface area contributed by atoms with Crippen molar-refractivity contribution in [2.45, 2.75) is 12.0 Å². The van der Waals surface area contributed by atoms with Gasteiger partial charge in [-0.3, -0.25) is 0 Å². The van der Waals surface area contributed by atoms with Gasteiger partial charge in [-0.2, -0.15) is 0 Å². The van der Waals surface area contributed by atoms with Crippen molar-refractivity contribution < 1.29 is 4.74 Å². The first-order chi connectivity index (χ1) is 24.8. The van der Waals surface area contributed by atoms with Crippen molar-refractivity contribution in [2.75, 3.05) is 4.90 Å². The number of nitrogens with zero attached hydrogens (tertiary/aromatic N) is 1. The molecule has 2 heteroatoms. The lowest BCUT2D eigenvalue weighted by atomic mass is 9.90. The SMILES string of the molecule is C1=CC2Oc3c(-c4ccc(N(c5ccc(-c6ccccc6)cc5)c5cc(-c6ccccc6)cc(-c6ccccc6)c5)cc4)cccc3C2C=C1. The van der Waals surface area contributed by atoms with Crippen LogP contribution >= 0.6 is 0 Å².